The van der Waals surface area contributed by atoms with Crippen LogP contribution in [0.5, 0.6) is 0 Å². The van der Waals surface area contributed by atoms with Gasteiger partial charge in [-0.3, -0.25) is 19.8 Å². The Kier molecular flexibility index (Phi) is 5.18. The summed E-state index contributed by atoms with van der Waals surface area (Å²) in [5.41, 5.74) is 2.47. The van der Waals surface area contributed by atoms with Crippen LogP contribution in [0.25, 0.3) is 0 Å². The number of β-amino-alcohol motifs (C(OH)–C–C–N with tert-alkyl or cyclic N) is 1. The van der Waals surface area contributed by atoms with E-state index in [4.69, 9.17) is 0 Å². The lowest BCUT2D eigenvalue weighted by Crippen LogP contribution is -2.46. The Morgan fingerprint density at radius 3 is 2.78 bits per heavy atom. The second kappa shape index (κ2) is 7.74. The number of likely N-dealkylation sites (tertiary alicyclic amines) is 2. The minimum atomic E-state index is -0.318. The summed E-state index contributed by atoms with van der Waals surface area (Å²) >= 11 is 0. The third kappa shape index (κ3) is 4.01. The SMILES string of the molecule is Cc1cc(C[C@@H]2CN(C3CCN(C(=O)c4cnccn4)CC3)C[C@@H]2O)n[nH]1. The lowest BCUT2D eigenvalue weighted by atomic mass is 10.00. The van der Waals surface area contributed by atoms with Gasteiger partial charge in [0.2, 0.25) is 0 Å². The second-order valence-electron chi connectivity index (χ2n) is 7.64. The van der Waals surface area contributed by atoms with E-state index in [2.05, 4.69) is 25.1 Å². The van der Waals surface area contributed by atoms with E-state index in [1.807, 2.05) is 17.9 Å². The van der Waals surface area contributed by atoms with Crippen LogP contribution in [0.1, 0.15) is 34.7 Å². The molecule has 1 amide bonds. The number of H-pyrrole nitrogens is 1. The zero-order valence-electron chi connectivity index (χ0n) is 15.6. The lowest BCUT2D eigenvalue weighted by Gasteiger charge is -2.36. The van der Waals surface area contributed by atoms with Crippen molar-refractivity contribution in [1.82, 2.24) is 30.0 Å². The van der Waals surface area contributed by atoms with E-state index in [-0.39, 0.29) is 17.9 Å². The number of aromatic amines is 1. The molecular formula is C19H26N6O2. The molecule has 0 aliphatic carbocycles. The lowest BCUT2D eigenvalue weighted by molar-refractivity contribution is 0.0621. The number of nitrogens with zero attached hydrogens (tertiary/aromatic N) is 5. The number of amides is 1. The van der Waals surface area contributed by atoms with Gasteiger partial charge >= 0.3 is 0 Å². The Bertz CT molecular complexity index is 772. The molecule has 2 fully saturated rings. The standard InChI is InChI=1S/C19H26N6O2/c1-13-8-15(23-22-13)9-14-11-25(12-18(14)26)16-2-6-24(7-3-16)19(27)17-10-20-4-5-21-17/h4-5,8,10,14,16,18,26H,2-3,6-7,9,11-12H2,1H3,(H,22,23)/t14-,18+/m1/s1. The van der Waals surface area contributed by atoms with Crippen molar-refractivity contribution < 1.29 is 9.90 Å². The fourth-order valence-corrected chi connectivity index (χ4v) is 4.24. The number of aryl methyl sites for hydroxylation is 1. The molecule has 0 unspecified atom stereocenters. The number of aliphatic hydroxyl groups excluding tert-OH is 1. The molecular weight excluding hydrogens is 344 g/mol. The Hall–Kier alpha value is -2.32. The van der Waals surface area contributed by atoms with Gasteiger partial charge in [0.25, 0.3) is 5.91 Å². The third-order valence-corrected chi connectivity index (χ3v) is 5.72. The molecule has 2 aromatic rings. The molecule has 2 atom stereocenters. The van der Waals surface area contributed by atoms with Crippen LogP contribution in [-0.4, -0.2) is 79.3 Å². The normalized spacial score (nSPS) is 24.4. The zero-order chi connectivity index (χ0) is 18.8. The minimum Gasteiger partial charge on any atom is -0.391 e. The predicted octanol–water partition coefficient (Wildman–Crippen LogP) is 0.648. The molecule has 144 valence electrons. The largest absolute Gasteiger partial charge is 0.391 e. The molecule has 27 heavy (non-hydrogen) atoms. The van der Waals surface area contributed by atoms with Crippen molar-refractivity contribution in [3.05, 3.63) is 41.7 Å². The second-order valence-corrected chi connectivity index (χ2v) is 7.64. The topological polar surface area (TPSA) is 98.2 Å². The molecule has 0 radical (unpaired) electrons. The van der Waals surface area contributed by atoms with E-state index < -0.39 is 0 Å². The molecule has 0 spiro atoms. The van der Waals surface area contributed by atoms with Gasteiger partial charge in [-0.2, -0.15) is 5.10 Å². The number of carbonyl (C=O) groups is 1. The smallest absolute Gasteiger partial charge is 0.274 e. The summed E-state index contributed by atoms with van der Waals surface area (Å²) in [6.07, 6.45) is 6.97. The number of hydrogen-bond donors (Lipinski definition) is 2. The number of nitrogens with one attached hydrogen (secondary N) is 1. The minimum absolute atomic E-state index is 0.0465. The van der Waals surface area contributed by atoms with Crippen LogP contribution in [0, 0.1) is 12.8 Å². The van der Waals surface area contributed by atoms with Gasteiger partial charge in [0.1, 0.15) is 5.69 Å². The molecule has 0 saturated carbocycles. The predicted molar refractivity (Wildman–Crippen MR) is 99.1 cm³/mol. The van der Waals surface area contributed by atoms with Gasteiger partial charge in [0.05, 0.1) is 18.0 Å². The van der Waals surface area contributed by atoms with E-state index in [1.165, 1.54) is 6.20 Å². The first-order valence-electron chi connectivity index (χ1n) is 9.58. The Morgan fingerprint density at radius 1 is 1.30 bits per heavy atom. The highest BCUT2D eigenvalue weighted by Crippen LogP contribution is 2.27. The third-order valence-electron chi connectivity index (χ3n) is 5.72. The summed E-state index contributed by atoms with van der Waals surface area (Å²) < 4.78 is 0. The van der Waals surface area contributed by atoms with Crippen LogP contribution >= 0.6 is 0 Å². The highest BCUT2D eigenvalue weighted by molar-refractivity contribution is 5.92. The van der Waals surface area contributed by atoms with Crippen molar-refractivity contribution >= 4 is 5.91 Å². The number of aliphatic hydroxyl groups is 1. The molecule has 2 saturated heterocycles. The Balaban J connectivity index is 1.30. The molecule has 8 nitrogen and oxygen atoms in total. The van der Waals surface area contributed by atoms with Crippen LogP contribution in [-0.2, 0) is 6.42 Å². The highest BCUT2D eigenvalue weighted by Gasteiger charge is 2.37. The van der Waals surface area contributed by atoms with Crippen molar-refractivity contribution in [3.63, 3.8) is 0 Å². The van der Waals surface area contributed by atoms with E-state index in [0.29, 0.717) is 18.3 Å². The van der Waals surface area contributed by atoms with Gasteiger partial charge in [0.15, 0.2) is 0 Å². The molecule has 8 heteroatoms. The maximum Gasteiger partial charge on any atom is 0.274 e. The van der Waals surface area contributed by atoms with Gasteiger partial charge in [-0.1, -0.05) is 0 Å². The number of hydrogen-bond acceptors (Lipinski definition) is 6. The van der Waals surface area contributed by atoms with Crippen molar-refractivity contribution in [1.29, 1.82) is 0 Å². The molecule has 4 rings (SSSR count). The molecule has 2 N–H and O–H groups in total. The maximum atomic E-state index is 12.5. The van der Waals surface area contributed by atoms with Crippen molar-refractivity contribution in [2.24, 2.45) is 5.92 Å². The van der Waals surface area contributed by atoms with Crippen molar-refractivity contribution in [2.75, 3.05) is 26.2 Å². The molecule has 0 bridgehead atoms. The van der Waals surface area contributed by atoms with Crippen molar-refractivity contribution in [2.45, 2.75) is 38.3 Å². The fraction of sp³-hybridized carbons (Fsp3) is 0.579. The Labute approximate surface area is 158 Å². The van der Waals surface area contributed by atoms with Gasteiger partial charge < -0.3 is 10.0 Å². The number of carbonyl (C=O) groups excluding carboxylic acids is 1. The molecule has 2 aromatic heterocycles. The highest BCUT2D eigenvalue weighted by atomic mass is 16.3. The van der Waals surface area contributed by atoms with Crippen LogP contribution in [0.15, 0.2) is 24.7 Å². The molecule has 2 aliphatic heterocycles. The molecule has 0 aromatic carbocycles. The average Bonchev–Trinajstić information content (AvgIpc) is 3.28. The summed E-state index contributed by atoms with van der Waals surface area (Å²) in [6, 6.07) is 2.46. The maximum absolute atomic E-state index is 12.5. The monoisotopic (exact) mass is 370 g/mol. The summed E-state index contributed by atoms with van der Waals surface area (Å²) in [4.78, 5) is 24.8. The summed E-state index contributed by atoms with van der Waals surface area (Å²) in [6.45, 7) is 5.02. The summed E-state index contributed by atoms with van der Waals surface area (Å²) in [5, 5.41) is 17.8. The summed E-state index contributed by atoms with van der Waals surface area (Å²) in [7, 11) is 0. The first kappa shape index (κ1) is 18.1. The van der Waals surface area contributed by atoms with Gasteiger partial charge in [0, 0.05) is 56.2 Å². The van der Waals surface area contributed by atoms with Crippen LogP contribution in [0.4, 0.5) is 0 Å². The van der Waals surface area contributed by atoms with Gasteiger partial charge in [-0.25, -0.2) is 4.98 Å². The quantitative estimate of drug-likeness (QED) is 0.820. The van der Waals surface area contributed by atoms with E-state index in [0.717, 1.165) is 50.3 Å². The molecule has 2 aliphatic rings. The zero-order valence-corrected chi connectivity index (χ0v) is 15.6. The first-order valence-corrected chi connectivity index (χ1v) is 9.58. The van der Waals surface area contributed by atoms with Gasteiger partial charge in [-0.15, -0.1) is 0 Å². The van der Waals surface area contributed by atoms with Crippen LogP contribution < -0.4 is 0 Å². The number of rotatable bonds is 4. The average molecular weight is 370 g/mol. The summed E-state index contributed by atoms with van der Waals surface area (Å²) in [5.74, 6) is 0.168. The van der Waals surface area contributed by atoms with Crippen LogP contribution in [0.3, 0.4) is 0 Å². The number of piperidine rings is 1. The molecule has 4 heterocycles. The number of aromatic nitrogens is 4. The van der Waals surface area contributed by atoms with E-state index >= 15 is 0 Å². The Morgan fingerprint density at radius 2 is 2.11 bits per heavy atom. The van der Waals surface area contributed by atoms with Crippen LogP contribution in [0.2, 0.25) is 0 Å². The van der Waals surface area contributed by atoms with Crippen molar-refractivity contribution in [3.8, 4) is 0 Å². The van der Waals surface area contributed by atoms with E-state index in [9.17, 15) is 9.90 Å². The fourth-order valence-electron chi connectivity index (χ4n) is 4.24. The first-order chi connectivity index (χ1) is 13.1. The van der Waals surface area contributed by atoms with Gasteiger partial charge in [-0.05, 0) is 32.3 Å². The van der Waals surface area contributed by atoms with E-state index in [1.54, 1.807) is 12.4 Å².